The van der Waals surface area contributed by atoms with Crippen LogP contribution in [0, 0.1) is 12.3 Å². The van der Waals surface area contributed by atoms with E-state index in [4.69, 9.17) is 6.42 Å². The third-order valence-corrected chi connectivity index (χ3v) is 1.17. The van der Waals surface area contributed by atoms with Gasteiger partial charge in [0, 0.05) is 0 Å². The summed E-state index contributed by atoms with van der Waals surface area (Å²) in [5.74, 6) is 2.44. The summed E-state index contributed by atoms with van der Waals surface area (Å²) >= 11 is 0. The number of allylic oxidation sites excluding steroid dienone is 1. The second-order valence-electron chi connectivity index (χ2n) is 1.91. The van der Waals surface area contributed by atoms with Crippen LogP contribution in [0.5, 0.6) is 0 Å². The molecule has 0 aliphatic carbocycles. The Balaban J connectivity index is 2.79. The van der Waals surface area contributed by atoms with Crippen LogP contribution < -0.4 is 0 Å². The molecule has 0 aliphatic heterocycles. The molecule has 1 aromatic carbocycles. The molecular weight excluding hydrogens is 120 g/mol. The first-order chi connectivity index (χ1) is 4.93. The van der Waals surface area contributed by atoms with Crippen molar-refractivity contribution in [3.63, 3.8) is 0 Å². The molecule has 0 aliphatic rings. The minimum Gasteiger partial charge on any atom is -0.115 e. The van der Waals surface area contributed by atoms with E-state index in [0.29, 0.717) is 0 Å². The normalized spacial score (nSPS) is 9.50. The fraction of sp³-hybridized carbons (Fsp3) is 0. The lowest BCUT2D eigenvalue weighted by Gasteiger charge is -1.86. The molecule has 0 atom stereocenters. The molecule has 0 aromatic heterocycles. The molecule has 48 valence electrons. The summed E-state index contributed by atoms with van der Waals surface area (Å²) in [6, 6.07) is 9.96. The van der Waals surface area contributed by atoms with Crippen LogP contribution in [0.1, 0.15) is 5.56 Å². The predicted octanol–water partition coefficient (Wildman–Crippen LogP) is 2.33. The largest absolute Gasteiger partial charge is 0.115 e. The van der Waals surface area contributed by atoms with E-state index >= 15 is 0 Å². The third-order valence-electron chi connectivity index (χ3n) is 1.17. The van der Waals surface area contributed by atoms with Gasteiger partial charge in [0.15, 0.2) is 0 Å². The number of rotatable bonds is 1. The zero-order valence-electron chi connectivity index (χ0n) is 5.62. The molecule has 0 saturated carbocycles. The Morgan fingerprint density at radius 2 is 1.90 bits per heavy atom. The van der Waals surface area contributed by atoms with Gasteiger partial charge in [-0.2, -0.15) is 0 Å². The topological polar surface area (TPSA) is 0 Å². The fourth-order valence-electron chi connectivity index (χ4n) is 0.708. The maximum Gasteiger partial charge on any atom is -0.0116 e. The Bertz CT molecular complexity index is 249. The lowest BCUT2D eigenvalue weighted by Crippen LogP contribution is -1.65. The summed E-state index contributed by atoms with van der Waals surface area (Å²) in [6.07, 6.45) is 8.63. The average Bonchev–Trinajstić information content (AvgIpc) is 2.03. The van der Waals surface area contributed by atoms with E-state index in [2.05, 4.69) is 5.92 Å². The number of terminal acetylenes is 1. The van der Waals surface area contributed by atoms with Crippen LogP contribution in [0.15, 0.2) is 36.4 Å². The summed E-state index contributed by atoms with van der Waals surface area (Å²) in [4.78, 5) is 0. The molecule has 0 heteroatoms. The Hall–Kier alpha value is -1.48. The molecule has 0 bridgehead atoms. The van der Waals surface area contributed by atoms with Gasteiger partial charge in [-0.05, 0) is 17.7 Å². The van der Waals surface area contributed by atoms with Gasteiger partial charge < -0.3 is 0 Å². The predicted molar refractivity (Wildman–Crippen MR) is 44.3 cm³/mol. The van der Waals surface area contributed by atoms with Gasteiger partial charge >= 0.3 is 0 Å². The van der Waals surface area contributed by atoms with E-state index in [9.17, 15) is 0 Å². The molecule has 0 fully saturated rings. The molecule has 0 heterocycles. The Kier molecular flexibility index (Phi) is 2.34. The molecule has 0 amide bonds. The van der Waals surface area contributed by atoms with Crippen molar-refractivity contribution in [3.05, 3.63) is 42.0 Å². The minimum absolute atomic E-state index is 1.14. The Morgan fingerprint density at radius 3 is 2.50 bits per heavy atom. The average molecular weight is 128 g/mol. The van der Waals surface area contributed by atoms with E-state index in [1.807, 2.05) is 36.4 Å². The smallest absolute Gasteiger partial charge is 0.0116 e. The first-order valence-electron chi connectivity index (χ1n) is 3.11. The highest BCUT2D eigenvalue weighted by atomic mass is 13.8. The molecule has 0 saturated heterocycles. The SMILES string of the molecule is C#C/C=C/c1ccccc1. The molecule has 0 nitrogen and oxygen atoms in total. The first kappa shape index (κ1) is 6.64. The van der Waals surface area contributed by atoms with E-state index < -0.39 is 0 Å². The van der Waals surface area contributed by atoms with Crippen LogP contribution in [0.2, 0.25) is 0 Å². The lowest BCUT2D eigenvalue weighted by atomic mass is 10.2. The van der Waals surface area contributed by atoms with E-state index in [1.54, 1.807) is 6.08 Å². The van der Waals surface area contributed by atoms with Gasteiger partial charge in [-0.3, -0.25) is 0 Å². The van der Waals surface area contributed by atoms with Crippen molar-refractivity contribution >= 4 is 6.08 Å². The third kappa shape index (κ3) is 1.80. The second kappa shape index (κ2) is 3.53. The summed E-state index contributed by atoms with van der Waals surface area (Å²) in [5.41, 5.74) is 1.14. The standard InChI is InChI=1S/C10H8/c1-2-3-7-10-8-5-4-6-9-10/h1,3-9H/b7-3+. The Labute approximate surface area is 61.2 Å². The van der Waals surface area contributed by atoms with Crippen molar-refractivity contribution in [2.24, 2.45) is 0 Å². The van der Waals surface area contributed by atoms with Gasteiger partial charge in [0.05, 0.1) is 0 Å². The zero-order chi connectivity index (χ0) is 7.23. The van der Waals surface area contributed by atoms with Gasteiger partial charge in [-0.1, -0.05) is 36.3 Å². The molecule has 0 N–H and O–H groups in total. The molecule has 1 rings (SSSR count). The quantitative estimate of drug-likeness (QED) is 0.509. The van der Waals surface area contributed by atoms with Crippen molar-refractivity contribution in [1.29, 1.82) is 0 Å². The molecule has 0 unspecified atom stereocenters. The van der Waals surface area contributed by atoms with Gasteiger partial charge in [0.2, 0.25) is 0 Å². The molecular formula is C10H8. The molecule has 10 heavy (non-hydrogen) atoms. The summed E-state index contributed by atoms with van der Waals surface area (Å²) in [7, 11) is 0. The van der Waals surface area contributed by atoms with Gasteiger partial charge in [-0.25, -0.2) is 0 Å². The van der Waals surface area contributed by atoms with Gasteiger partial charge in [0.1, 0.15) is 0 Å². The number of hydrogen-bond acceptors (Lipinski definition) is 0. The highest BCUT2D eigenvalue weighted by Gasteiger charge is 1.78. The first-order valence-corrected chi connectivity index (χ1v) is 3.11. The summed E-state index contributed by atoms with van der Waals surface area (Å²) < 4.78 is 0. The zero-order valence-corrected chi connectivity index (χ0v) is 5.62. The van der Waals surface area contributed by atoms with Crippen LogP contribution in [-0.4, -0.2) is 0 Å². The summed E-state index contributed by atoms with van der Waals surface area (Å²) in [6.45, 7) is 0. The second-order valence-corrected chi connectivity index (χ2v) is 1.91. The number of benzene rings is 1. The molecule has 1 aromatic rings. The lowest BCUT2D eigenvalue weighted by molar-refractivity contribution is 1.66. The number of hydrogen-bond donors (Lipinski definition) is 0. The van der Waals surface area contributed by atoms with Crippen LogP contribution >= 0.6 is 0 Å². The van der Waals surface area contributed by atoms with Crippen molar-refractivity contribution in [1.82, 2.24) is 0 Å². The highest BCUT2D eigenvalue weighted by Crippen LogP contribution is 1.99. The van der Waals surface area contributed by atoms with E-state index in [1.165, 1.54) is 0 Å². The maximum atomic E-state index is 5.04. The van der Waals surface area contributed by atoms with Crippen LogP contribution in [0.4, 0.5) is 0 Å². The van der Waals surface area contributed by atoms with Crippen molar-refractivity contribution < 1.29 is 0 Å². The maximum absolute atomic E-state index is 5.04. The summed E-state index contributed by atoms with van der Waals surface area (Å²) in [5, 5.41) is 0. The molecule has 0 radical (unpaired) electrons. The fourth-order valence-corrected chi connectivity index (χ4v) is 0.708. The van der Waals surface area contributed by atoms with Crippen molar-refractivity contribution in [3.8, 4) is 12.3 Å². The van der Waals surface area contributed by atoms with Crippen LogP contribution in [0.3, 0.4) is 0 Å². The Morgan fingerprint density at radius 1 is 1.20 bits per heavy atom. The van der Waals surface area contributed by atoms with Crippen molar-refractivity contribution in [2.45, 2.75) is 0 Å². The van der Waals surface area contributed by atoms with E-state index in [-0.39, 0.29) is 0 Å². The van der Waals surface area contributed by atoms with Gasteiger partial charge in [0.25, 0.3) is 0 Å². The van der Waals surface area contributed by atoms with E-state index in [0.717, 1.165) is 5.56 Å². The highest BCUT2D eigenvalue weighted by molar-refractivity contribution is 5.51. The molecule has 0 spiro atoms. The van der Waals surface area contributed by atoms with Crippen LogP contribution in [0.25, 0.3) is 6.08 Å². The van der Waals surface area contributed by atoms with Gasteiger partial charge in [-0.15, -0.1) is 6.42 Å². The van der Waals surface area contributed by atoms with Crippen molar-refractivity contribution in [2.75, 3.05) is 0 Å². The monoisotopic (exact) mass is 128 g/mol. The van der Waals surface area contributed by atoms with Crippen LogP contribution in [-0.2, 0) is 0 Å². The minimum atomic E-state index is 1.14.